The van der Waals surface area contributed by atoms with E-state index in [1.54, 1.807) is 11.3 Å². The van der Waals surface area contributed by atoms with E-state index < -0.39 is 0 Å². The third-order valence-electron chi connectivity index (χ3n) is 2.20. The number of hydrogen-bond donors (Lipinski definition) is 1. The second kappa shape index (κ2) is 5.16. The zero-order valence-corrected chi connectivity index (χ0v) is 10.5. The van der Waals surface area contributed by atoms with E-state index in [2.05, 4.69) is 5.32 Å². The molecule has 0 saturated heterocycles. The summed E-state index contributed by atoms with van der Waals surface area (Å²) < 4.78 is 5.46. The van der Waals surface area contributed by atoms with Crippen molar-refractivity contribution < 1.29 is 9.53 Å². The van der Waals surface area contributed by atoms with E-state index in [4.69, 9.17) is 4.74 Å². The largest absolute Gasteiger partial charge is 0.481 e. The molecule has 2 heterocycles. The summed E-state index contributed by atoms with van der Waals surface area (Å²) in [6.45, 7) is 9.13. The minimum Gasteiger partial charge on any atom is -0.481 e. The van der Waals surface area contributed by atoms with Crippen LogP contribution in [0.1, 0.15) is 34.6 Å². The first-order chi connectivity index (χ1) is 7.20. The molecule has 1 aliphatic rings. The van der Waals surface area contributed by atoms with E-state index in [0.717, 1.165) is 21.1 Å². The summed E-state index contributed by atoms with van der Waals surface area (Å²) in [4.78, 5) is 12.7. The number of thiophene rings is 1. The summed E-state index contributed by atoms with van der Waals surface area (Å²) in [5.74, 6) is -0.00523. The predicted molar refractivity (Wildman–Crippen MR) is 63.0 cm³/mol. The number of nitrogens with one attached hydrogen (secondary N) is 1. The SMILES string of the molecule is CC.Cc1sc2c(c1C)C(=O)NCCO2. The smallest absolute Gasteiger partial charge is 0.256 e. The van der Waals surface area contributed by atoms with Gasteiger partial charge in [-0.05, 0) is 19.4 Å². The lowest BCUT2D eigenvalue weighted by Gasteiger charge is -1.98. The van der Waals surface area contributed by atoms with Gasteiger partial charge in [-0.15, -0.1) is 11.3 Å². The highest BCUT2D eigenvalue weighted by atomic mass is 32.1. The summed E-state index contributed by atoms with van der Waals surface area (Å²) in [6.07, 6.45) is 0. The van der Waals surface area contributed by atoms with Gasteiger partial charge in [0.2, 0.25) is 0 Å². The standard InChI is InChI=1S/C9H11NO2S.C2H6/c1-5-6(2)13-9-7(5)8(11)10-3-4-12-9;1-2/h3-4H2,1-2H3,(H,10,11);1-2H3. The summed E-state index contributed by atoms with van der Waals surface area (Å²) >= 11 is 1.55. The molecule has 0 saturated carbocycles. The third kappa shape index (κ3) is 2.31. The second-order valence-electron chi connectivity index (χ2n) is 3.05. The average molecular weight is 227 g/mol. The highest BCUT2D eigenvalue weighted by molar-refractivity contribution is 7.14. The minimum absolute atomic E-state index is 0.00523. The Morgan fingerprint density at radius 2 is 2.00 bits per heavy atom. The van der Waals surface area contributed by atoms with Crippen molar-refractivity contribution in [2.24, 2.45) is 0 Å². The molecule has 0 aromatic carbocycles. The normalized spacial score (nSPS) is 14.0. The molecule has 15 heavy (non-hydrogen) atoms. The third-order valence-corrected chi connectivity index (χ3v) is 3.32. The van der Waals surface area contributed by atoms with Gasteiger partial charge in [-0.2, -0.15) is 0 Å². The Labute approximate surface area is 94.5 Å². The number of ether oxygens (including phenoxy) is 1. The number of carbonyl (C=O) groups is 1. The molecule has 0 atom stereocenters. The average Bonchev–Trinajstić information content (AvgIpc) is 2.42. The van der Waals surface area contributed by atoms with Crippen LogP contribution in [0.4, 0.5) is 0 Å². The maximum atomic E-state index is 11.6. The van der Waals surface area contributed by atoms with Gasteiger partial charge < -0.3 is 10.1 Å². The maximum absolute atomic E-state index is 11.6. The second-order valence-corrected chi connectivity index (χ2v) is 4.24. The van der Waals surface area contributed by atoms with Gasteiger partial charge in [0.25, 0.3) is 5.91 Å². The molecule has 0 bridgehead atoms. The van der Waals surface area contributed by atoms with Crippen LogP contribution in [-0.2, 0) is 0 Å². The summed E-state index contributed by atoms with van der Waals surface area (Å²) in [7, 11) is 0. The van der Waals surface area contributed by atoms with Crippen LogP contribution >= 0.6 is 11.3 Å². The van der Waals surface area contributed by atoms with Crippen LogP contribution in [0.5, 0.6) is 5.06 Å². The van der Waals surface area contributed by atoms with Crippen LogP contribution in [0.3, 0.4) is 0 Å². The van der Waals surface area contributed by atoms with Crippen LogP contribution in [0.15, 0.2) is 0 Å². The lowest BCUT2D eigenvalue weighted by molar-refractivity contribution is 0.0956. The molecule has 0 spiro atoms. The molecule has 1 aromatic heterocycles. The van der Waals surface area contributed by atoms with Crippen molar-refractivity contribution in [3.8, 4) is 5.06 Å². The molecule has 1 aromatic rings. The van der Waals surface area contributed by atoms with Crippen LogP contribution in [-0.4, -0.2) is 19.1 Å². The van der Waals surface area contributed by atoms with Gasteiger partial charge in [0, 0.05) is 4.88 Å². The van der Waals surface area contributed by atoms with Gasteiger partial charge in [-0.25, -0.2) is 0 Å². The first-order valence-electron chi connectivity index (χ1n) is 5.21. The van der Waals surface area contributed by atoms with Crippen molar-refractivity contribution in [2.75, 3.05) is 13.2 Å². The van der Waals surface area contributed by atoms with Crippen LogP contribution in [0, 0.1) is 13.8 Å². The molecule has 0 radical (unpaired) electrons. The molecule has 1 amide bonds. The molecular formula is C11H17NO2S. The van der Waals surface area contributed by atoms with Gasteiger partial charge in [0.15, 0.2) is 5.06 Å². The number of hydrogen-bond acceptors (Lipinski definition) is 3. The zero-order valence-electron chi connectivity index (χ0n) is 9.64. The van der Waals surface area contributed by atoms with Crippen molar-refractivity contribution in [3.63, 3.8) is 0 Å². The highest BCUT2D eigenvalue weighted by Gasteiger charge is 2.22. The predicted octanol–water partition coefficient (Wildman–Crippen LogP) is 2.51. The monoisotopic (exact) mass is 227 g/mol. The lowest BCUT2D eigenvalue weighted by atomic mass is 10.1. The van der Waals surface area contributed by atoms with E-state index >= 15 is 0 Å². The van der Waals surface area contributed by atoms with Crippen molar-refractivity contribution in [1.82, 2.24) is 5.32 Å². The summed E-state index contributed by atoms with van der Waals surface area (Å²) in [5.41, 5.74) is 1.76. The Balaban J connectivity index is 0.000000531. The molecule has 0 fully saturated rings. The van der Waals surface area contributed by atoms with E-state index in [1.807, 2.05) is 27.7 Å². The number of amides is 1. The molecule has 3 nitrogen and oxygen atoms in total. The quantitative estimate of drug-likeness (QED) is 0.739. The number of rotatable bonds is 0. The molecule has 2 rings (SSSR count). The van der Waals surface area contributed by atoms with Gasteiger partial charge in [-0.1, -0.05) is 13.8 Å². The topological polar surface area (TPSA) is 38.3 Å². The molecule has 1 N–H and O–H groups in total. The fourth-order valence-corrected chi connectivity index (χ4v) is 2.38. The van der Waals surface area contributed by atoms with Gasteiger partial charge in [0.05, 0.1) is 12.1 Å². The van der Waals surface area contributed by atoms with Crippen LogP contribution in [0.25, 0.3) is 0 Å². The van der Waals surface area contributed by atoms with E-state index in [-0.39, 0.29) is 5.91 Å². The van der Waals surface area contributed by atoms with E-state index in [9.17, 15) is 4.79 Å². The molecule has 0 aliphatic carbocycles. The van der Waals surface area contributed by atoms with Gasteiger partial charge in [-0.3, -0.25) is 4.79 Å². The summed E-state index contributed by atoms with van der Waals surface area (Å²) in [6, 6.07) is 0. The Morgan fingerprint density at radius 1 is 1.33 bits per heavy atom. The van der Waals surface area contributed by atoms with Crippen LogP contribution < -0.4 is 10.1 Å². The summed E-state index contributed by atoms with van der Waals surface area (Å²) in [5, 5.41) is 3.57. The fourth-order valence-electron chi connectivity index (χ4n) is 1.36. The number of carbonyl (C=O) groups excluding carboxylic acids is 1. The van der Waals surface area contributed by atoms with E-state index in [1.165, 1.54) is 0 Å². The minimum atomic E-state index is -0.00523. The molecule has 1 aliphatic heterocycles. The molecule has 4 heteroatoms. The number of aryl methyl sites for hydroxylation is 1. The molecular weight excluding hydrogens is 210 g/mol. The Morgan fingerprint density at radius 3 is 2.67 bits per heavy atom. The highest BCUT2D eigenvalue weighted by Crippen LogP contribution is 2.35. The number of fused-ring (bicyclic) bond motifs is 1. The first-order valence-corrected chi connectivity index (χ1v) is 6.03. The Hall–Kier alpha value is -1.03. The van der Waals surface area contributed by atoms with Gasteiger partial charge >= 0.3 is 0 Å². The molecule has 0 unspecified atom stereocenters. The van der Waals surface area contributed by atoms with Crippen molar-refractivity contribution in [1.29, 1.82) is 0 Å². The van der Waals surface area contributed by atoms with Crippen molar-refractivity contribution in [3.05, 3.63) is 16.0 Å². The van der Waals surface area contributed by atoms with Crippen molar-refractivity contribution >= 4 is 17.2 Å². The maximum Gasteiger partial charge on any atom is 0.256 e. The van der Waals surface area contributed by atoms with E-state index in [0.29, 0.717) is 13.2 Å². The lowest BCUT2D eigenvalue weighted by Crippen LogP contribution is -2.24. The van der Waals surface area contributed by atoms with Crippen molar-refractivity contribution in [2.45, 2.75) is 27.7 Å². The van der Waals surface area contributed by atoms with Gasteiger partial charge in [0.1, 0.15) is 6.61 Å². The molecule has 84 valence electrons. The fraction of sp³-hybridized carbons (Fsp3) is 0.545. The first kappa shape index (κ1) is 12.0. The Bertz CT molecular complexity index is 358. The zero-order chi connectivity index (χ0) is 11.4. The van der Waals surface area contributed by atoms with Crippen LogP contribution in [0.2, 0.25) is 0 Å². The Kier molecular flexibility index (Phi) is 4.15.